The monoisotopic (exact) mass is 329 g/mol. The van der Waals surface area contributed by atoms with Crippen LogP contribution in [0.2, 0.25) is 0 Å². The van der Waals surface area contributed by atoms with Crippen LogP contribution in [0.25, 0.3) is 0 Å². The first-order chi connectivity index (χ1) is 11.6. The molecule has 0 aliphatic rings. The number of hydrogen-bond acceptors (Lipinski definition) is 4. The zero-order chi connectivity index (χ0) is 17.4. The van der Waals surface area contributed by atoms with E-state index in [0.29, 0.717) is 25.3 Å². The number of aromatic hydroxyl groups is 1. The number of ether oxygens (including phenoxy) is 2. The molecule has 24 heavy (non-hydrogen) atoms. The van der Waals surface area contributed by atoms with Gasteiger partial charge in [-0.3, -0.25) is 4.79 Å². The second-order valence-electron chi connectivity index (χ2n) is 5.42. The van der Waals surface area contributed by atoms with Crippen LogP contribution in [0.4, 0.5) is 0 Å². The quantitative estimate of drug-likeness (QED) is 0.729. The van der Waals surface area contributed by atoms with Crippen LogP contribution in [0.1, 0.15) is 35.4 Å². The highest BCUT2D eigenvalue weighted by Crippen LogP contribution is 2.22. The third-order valence-corrected chi connectivity index (χ3v) is 3.69. The minimum absolute atomic E-state index is 0.0179. The minimum Gasteiger partial charge on any atom is -0.507 e. The Morgan fingerprint density at radius 1 is 1.21 bits per heavy atom. The van der Waals surface area contributed by atoms with Crippen molar-refractivity contribution in [2.75, 3.05) is 20.3 Å². The standard InChI is InChI=1S/C19H23NO4/c1-14(15-7-4-3-5-8-15)24-12-6-11-20-19(22)17-13-16(23-2)9-10-18(17)21/h3-5,7-10,13-14,21H,6,11-12H2,1-2H3,(H,20,22). The second-order valence-corrected chi connectivity index (χ2v) is 5.42. The lowest BCUT2D eigenvalue weighted by Crippen LogP contribution is -2.25. The number of phenols is 1. The van der Waals surface area contributed by atoms with E-state index in [-0.39, 0.29) is 23.3 Å². The topological polar surface area (TPSA) is 67.8 Å². The summed E-state index contributed by atoms with van der Waals surface area (Å²) in [7, 11) is 1.51. The lowest BCUT2D eigenvalue weighted by molar-refractivity contribution is 0.0635. The number of benzene rings is 2. The Morgan fingerprint density at radius 3 is 2.67 bits per heavy atom. The molecule has 128 valence electrons. The average molecular weight is 329 g/mol. The fraction of sp³-hybridized carbons (Fsp3) is 0.316. The summed E-state index contributed by atoms with van der Waals surface area (Å²) in [6.07, 6.45) is 0.706. The Morgan fingerprint density at radius 2 is 1.96 bits per heavy atom. The molecule has 0 spiro atoms. The van der Waals surface area contributed by atoms with Crippen molar-refractivity contribution in [1.29, 1.82) is 0 Å². The molecule has 0 saturated heterocycles. The highest BCUT2D eigenvalue weighted by atomic mass is 16.5. The Bertz CT molecular complexity index is 658. The van der Waals surface area contributed by atoms with Crippen LogP contribution in [0, 0.1) is 0 Å². The van der Waals surface area contributed by atoms with Crippen LogP contribution in [0.15, 0.2) is 48.5 Å². The molecule has 5 heteroatoms. The molecule has 2 aromatic rings. The molecule has 0 aliphatic carbocycles. The Hall–Kier alpha value is -2.53. The average Bonchev–Trinajstić information content (AvgIpc) is 2.62. The number of methoxy groups -OCH3 is 1. The molecule has 2 rings (SSSR count). The smallest absolute Gasteiger partial charge is 0.255 e. The normalized spacial score (nSPS) is 11.8. The van der Waals surface area contributed by atoms with Gasteiger partial charge in [-0.2, -0.15) is 0 Å². The molecule has 1 unspecified atom stereocenters. The van der Waals surface area contributed by atoms with E-state index in [1.807, 2.05) is 37.3 Å². The lowest BCUT2D eigenvalue weighted by Gasteiger charge is -2.13. The van der Waals surface area contributed by atoms with Crippen molar-refractivity contribution < 1.29 is 19.4 Å². The van der Waals surface area contributed by atoms with Crippen molar-refractivity contribution in [3.63, 3.8) is 0 Å². The Kier molecular flexibility index (Phi) is 6.63. The van der Waals surface area contributed by atoms with Crippen molar-refractivity contribution >= 4 is 5.91 Å². The molecular formula is C19H23NO4. The zero-order valence-corrected chi connectivity index (χ0v) is 14.0. The molecule has 0 saturated carbocycles. The van der Waals surface area contributed by atoms with E-state index < -0.39 is 0 Å². The largest absolute Gasteiger partial charge is 0.507 e. The summed E-state index contributed by atoms with van der Waals surface area (Å²) in [5.74, 6) is 0.128. The minimum atomic E-state index is -0.331. The van der Waals surface area contributed by atoms with Crippen molar-refractivity contribution in [2.24, 2.45) is 0 Å². The van der Waals surface area contributed by atoms with Gasteiger partial charge in [0.05, 0.1) is 18.8 Å². The predicted molar refractivity (Wildman–Crippen MR) is 92.4 cm³/mol. The van der Waals surface area contributed by atoms with E-state index in [1.165, 1.54) is 19.2 Å². The molecule has 0 bridgehead atoms. The fourth-order valence-corrected chi connectivity index (χ4v) is 2.27. The lowest BCUT2D eigenvalue weighted by atomic mass is 10.1. The first kappa shape index (κ1) is 17.8. The van der Waals surface area contributed by atoms with Gasteiger partial charge in [0, 0.05) is 13.2 Å². The number of hydrogen-bond donors (Lipinski definition) is 2. The maximum absolute atomic E-state index is 12.1. The highest BCUT2D eigenvalue weighted by molar-refractivity contribution is 5.97. The molecular weight excluding hydrogens is 306 g/mol. The van der Waals surface area contributed by atoms with Gasteiger partial charge in [0.2, 0.25) is 0 Å². The van der Waals surface area contributed by atoms with Crippen LogP contribution < -0.4 is 10.1 Å². The van der Waals surface area contributed by atoms with Crippen LogP contribution in [-0.2, 0) is 4.74 Å². The molecule has 0 heterocycles. The molecule has 0 aromatic heterocycles. The number of carbonyl (C=O) groups is 1. The summed E-state index contributed by atoms with van der Waals surface area (Å²) in [4.78, 5) is 12.1. The SMILES string of the molecule is COc1ccc(O)c(C(=O)NCCCOC(C)c2ccccc2)c1. The van der Waals surface area contributed by atoms with Crippen molar-refractivity contribution in [2.45, 2.75) is 19.4 Å². The van der Waals surface area contributed by atoms with Gasteiger partial charge >= 0.3 is 0 Å². The van der Waals surface area contributed by atoms with E-state index in [9.17, 15) is 9.90 Å². The summed E-state index contributed by atoms with van der Waals surface area (Å²) >= 11 is 0. The van der Waals surface area contributed by atoms with Crippen molar-refractivity contribution in [3.8, 4) is 11.5 Å². The maximum atomic E-state index is 12.1. The summed E-state index contributed by atoms with van der Waals surface area (Å²) in [5, 5.41) is 12.5. The summed E-state index contributed by atoms with van der Waals surface area (Å²) < 4.78 is 10.8. The fourth-order valence-electron chi connectivity index (χ4n) is 2.27. The number of phenolic OH excluding ortho intramolecular Hbond substituents is 1. The van der Waals surface area contributed by atoms with Crippen molar-refractivity contribution in [1.82, 2.24) is 5.32 Å². The second kappa shape index (κ2) is 8.93. The molecule has 0 fully saturated rings. The van der Waals surface area contributed by atoms with E-state index in [4.69, 9.17) is 9.47 Å². The maximum Gasteiger partial charge on any atom is 0.255 e. The third kappa shape index (κ3) is 4.99. The van der Waals surface area contributed by atoms with E-state index in [2.05, 4.69) is 5.32 Å². The summed E-state index contributed by atoms with van der Waals surface area (Å²) in [6, 6.07) is 14.5. The summed E-state index contributed by atoms with van der Waals surface area (Å²) in [5.41, 5.74) is 1.33. The van der Waals surface area contributed by atoms with Gasteiger partial charge in [-0.25, -0.2) is 0 Å². The number of nitrogens with one attached hydrogen (secondary N) is 1. The van der Waals surface area contributed by atoms with E-state index in [0.717, 1.165) is 5.56 Å². The van der Waals surface area contributed by atoms with Crippen LogP contribution in [-0.4, -0.2) is 31.3 Å². The zero-order valence-electron chi connectivity index (χ0n) is 14.0. The first-order valence-corrected chi connectivity index (χ1v) is 7.93. The van der Waals surface area contributed by atoms with Gasteiger partial charge in [-0.05, 0) is 37.1 Å². The van der Waals surface area contributed by atoms with E-state index in [1.54, 1.807) is 6.07 Å². The van der Waals surface area contributed by atoms with Gasteiger partial charge in [-0.1, -0.05) is 30.3 Å². The molecule has 2 N–H and O–H groups in total. The molecule has 1 atom stereocenters. The van der Waals surface area contributed by atoms with Gasteiger partial charge in [0.25, 0.3) is 5.91 Å². The molecule has 0 aliphatic heterocycles. The Labute approximate surface area is 142 Å². The number of rotatable bonds is 8. The highest BCUT2D eigenvalue weighted by Gasteiger charge is 2.12. The molecule has 0 radical (unpaired) electrons. The number of amides is 1. The van der Waals surface area contributed by atoms with Gasteiger partial charge < -0.3 is 19.9 Å². The van der Waals surface area contributed by atoms with Gasteiger partial charge in [0.15, 0.2) is 0 Å². The molecule has 5 nitrogen and oxygen atoms in total. The first-order valence-electron chi connectivity index (χ1n) is 7.93. The van der Waals surface area contributed by atoms with Crippen LogP contribution in [0.3, 0.4) is 0 Å². The number of carbonyl (C=O) groups excluding carboxylic acids is 1. The molecule has 1 amide bonds. The third-order valence-electron chi connectivity index (χ3n) is 3.69. The van der Waals surface area contributed by atoms with Crippen LogP contribution >= 0.6 is 0 Å². The predicted octanol–water partition coefficient (Wildman–Crippen LogP) is 3.30. The van der Waals surface area contributed by atoms with E-state index >= 15 is 0 Å². The summed E-state index contributed by atoms with van der Waals surface area (Å²) in [6.45, 7) is 3.01. The Balaban J connectivity index is 1.73. The van der Waals surface area contributed by atoms with Gasteiger partial charge in [0.1, 0.15) is 11.5 Å². The van der Waals surface area contributed by atoms with Crippen molar-refractivity contribution in [3.05, 3.63) is 59.7 Å². The molecule has 2 aromatic carbocycles. The van der Waals surface area contributed by atoms with Gasteiger partial charge in [-0.15, -0.1) is 0 Å². The van der Waals surface area contributed by atoms with Crippen LogP contribution in [0.5, 0.6) is 11.5 Å².